The molecular formula is C20H18F2N4O. The van der Waals surface area contributed by atoms with Crippen LogP contribution in [-0.4, -0.2) is 15.8 Å². The van der Waals surface area contributed by atoms with Gasteiger partial charge in [0.05, 0.1) is 5.69 Å². The number of hydrogen-bond acceptors (Lipinski definition) is 5. The molecule has 7 heteroatoms. The Morgan fingerprint density at radius 3 is 2.70 bits per heavy atom. The van der Waals surface area contributed by atoms with E-state index in [-0.39, 0.29) is 18.7 Å². The Morgan fingerprint density at radius 2 is 1.96 bits per heavy atom. The molecule has 0 atom stereocenters. The Morgan fingerprint density at radius 1 is 1.15 bits per heavy atom. The van der Waals surface area contributed by atoms with Crippen LogP contribution in [0.15, 0.2) is 48.8 Å². The molecule has 3 aromatic rings. The lowest BCUT2D eigenvalue weighted by molar-refractivity contribution is 0.0984. The van der Waals surface area contributed by atoms with Gasteiger partial charge in [0.25, 0.3) is 0 Å². The number of nitrogen functional groups attached to an aromatic ring is 1. The number of ketones is 1. The molecule has 0 saturated heterocycles. The van der Waals surface area contributed by atoms with Gasteiger partial charge in [-0.2, -0.15) is 0 Å². The molecule has 138 valence electrons. The number of halogens is 2. The second kappa shape index (κ2) is 7.90. The summed E-state index contributed by atoms with van der Waals surface area (Å²) in [5.74, 6) is -1.23. The van der Waals surface area contributed by atoms with Gasteiger partial charge in [-0.15, -0.1) is 0 Å². The van der Waals surface area contributed by atoms with Gasteiger partial charge in [0.15, 0.2) is 11.6 Å². The second-order valence-corrected chi connectivity index (χ2v) is 6.16. The van der Waals surface area contributed by atoms with E-state index in [0.29, 0.717) is 28.2 Å². The molecule has 0 bridgehead atoms. The maximum atomic E-state index is 14.1. The second-order valence-electron chi connectivity index (χ2n) is 6.16. The first-order valence-electron chi connectivity index (χ1n) is 8.31. The lowest BCUT2D eigenvalue weighted by Gasteiger charge is -2.10. The molecule has 0 aliphatic rings. The highest BCUT2D eigenvalue weighted by atomic mass is 19.1. The average Bonchev–Trinajstić information content (AvgIpc) is 2.63. The van der Waals surface area contributed by atoms with Crippen LogP contribution < -0.4 is 11.1 Å². The number of benzene rings is 1. The van der Waals surface area contributed by atoms with E-state index >= 15 is 0 Å². The first kappa shape index (κ1) is 18.4. The highest BCUT2D eigenvalue weighted by molar-refractivity contribution is 5.96. The molecule has 1 aromatic carbocycles. The number of nitrogens with two attached hydrogens (primary N) is 1. The quantitative estimate of drug-likeness (QED) is 0.649. The summed E-state index contributed by atoms with van der Waals surface area (Å²) in [5.41, 5.74) is 7.69. The third-order valence-corrected chi connectivity index (χ3v) is 4.02. The summed E-state index contributed by atoms with van der Waals surface area (Å²) in [6.45, 7) is 1.86. The summed E-state index contributed by atoms with van der Waals surface area (Å²) in [5, 5.41) is 3.01. The van der Waals surface area contributed by atoms with Gasteiger partial charge in [-0.1, -0.05) is 12.1 Å². The lowest BCUT2D eigenvalue weighted by atomic mass is 10.0. The summed E-state index contributed by atoms with van der Waals surface area (Å²) >= 11 is 0. The van der Waals surface area contributed by atoms with Crippen LogP contribution in [0, 0.1) is 18.6 Å². The van der Waals surface area contributed by atoms with Crippen molar-refractivity contribution in [2.45, 2.75) is 19.9 Å². The summed E-state index contributed by atoms with van der Waals surface area (Å²) < 4.78 is 28.0. The Labute approximate surface area is 155 Å². The molecular weight excluding hydrogens is 350 g/mol. The monoisotopic (exact) mass is 368 g/mol. The fraction of sp³-hybridized carbons (Fsp3) is 0.150. The fourth-order valence-corrected chi connectivity index (χ4v) is 2.64. The van der Waals surface area contributed by atoms with Gasteiger partial charge in [0.2, 0.25) is 0 Å². The molecule has 0 aliphatic carbocycles. The molecule has 27 heavy (non-hydrogen) atoms. The van der Waals surface area contributed by atoms with Gasteiger partial charge in [0.1, 0.15) is 17.3 Å². The average molecular weight is 368 g/mol. The van der Waals surface area contributed by atoms with E-state index < -0.39 is 17.4 Å². The number of aryl methyl sites for hydroxylation is 1. The highest BCUT2D eigenvalue weighted by Crippen LogP contribution is 2.18. The molecule has 0 radical (unpaired) electrons. The van der Waals surface area contributed by atoms with Gasteiger partial charge in [-0.3, -0.25) is 4.79 Å². The van der Waals surface area contributed by atoms with Gasteiger partial charge in [-0.25, -0.2) is 18.7 Å². The number of nitrogens with one attached hydrogen (secondary N) is 1. The van der Waals surface area contributed by atoms with Crippen LogP contribution in [0.5, 0.6) is 0 Å². The maximum Gasteiger partial charge on any atom is 0.188 e. The van der Waals surface area contributed by atoms with E-state index in [0.717, 1.165) is 0 Å². The van der Waals surface area contributed by atoms with Crippen molar-refractivity contribution in [3.63, 3.8) is 0 Å². The van der Waals surface area contributed by atoms with Crippen molar-refractivity contribution >= 4 is 17.3 Å². The van der Waals surface area contributed by atoms with E-state index in [4.69, 9.17) is 5.73 Å². The van der Waals surface area contributed by atoms with Crippen molar-refractivity contribution in [2.75, 3.05) is 11.1 Å². The highest BCUT2D eigenvalue weighted by Gasteiger charge is 2.15. The number of carbonyl (C=O) groups excluding carboxylic acids is 1. The van der Waals surface area contributed by atoms with Gasteiger partial charge >= 0.3 is 0 Å². The molecule has 0 amide bonds. The minimum Gasteiger partial charge on any atom is -0.382 e. The van der Waals surface area contributed by atoms with Crippen LogP contribution in [0.1, 0.15) is 27.2 Å². The number of nitrogens with zero attached hydrogens (tertiary/aromatic N) is 2. The topological polar surface area (TPSA) is 80.9 Å². The molecule has 0 unspecified atom stereocenters. The van der Waals surface area contributed by atoms with Crippen molar-refractivity contribution < 1.29 is 13.6 Å². The van der Waals surface area contributed by atoms with Crippen LogP contribution >= 0.6 is 0 Å². The van der Waals surface area contributed by atoms with Crippen molar-refractivity contribution in [1.29, 1.82) is 0 Å². The Bertz CT molecular complexity index is 991. The standard InChI is InChI=1S/C20H18F2N4O/c1-12-7-16(22)19(26-10-12)18(27)9-13-4-5-15(21)14(8-13)11-25-17-3-2-6-24-20(17)23/h2-8,10,25H,9,11H2,1H3,(H2,23,24). The van der Waals surface area contributed by atoms with Crippen LogP contribution in [0.3, 0.4) is 0 Å². The summed E-state index contributed by atoms with van der Waals surface area (Å²) in [4.78, 5) is 20.2. The number of aromatic nitrogens is 2. The zero-order chi connectivity index (χ0) is 19.4. The molecule has 0 spiro atoms. The van der Waals surface area contributed by atoms with Crippen molar-refractivity contribution in [3.05, 3.63) is 82.8 Å². The van der Waals surface area contributed by atoms with Crippen molar-refractivity contribution in [2.24, 2.45) is 0 Å². The lowest BCUT2D eigenvalue weighted by Crippen LogP contribution is -2.10. The molecule has 3 N–H and O–H groups in total. The van der Waals surface area contributed by atoms with Crippen molar-refractivity contribution in [3.8, 4) is 0 Å². The fourth-order valence-electron chi connectivity index (χ4n) is 2.64. The number of Topliss-reactive ketones (excluding diaryl/α,β-unsaturated/α-hetero) is 1. The number of hydrogen-bond donors (Lipinski definition) is 2. The minimum absolute atomic E-state index is 0.0741. The summed E-state index contributed by atoms with van der Waals surface area (Å²) in [7, 11) is 0. The number of carbonyl (C=O) groups is 1. The Balaban J connectivity index is 1.74. The zero-order valence-electron chi connectivity index (χ0n) is 14.7. The van der Waals surface area contributed by atoms with E-state index in [9.17, 15) is 13.6 Å². The molecule has 0 fully saturated rings. The molecule has 5 nitrogen and oxygen atoms in total. The normalized spacial score (nSPS) is 10.6. The molecule has 2 aromatic heterocycles. The molecule has 2 heterocycles. The predicted octanol–water partition coefficient (Wildman–Crippen LogP) is 3.68. The number of pyridine rings is 2. The van der Waals surface area contributed by atoms with Crippen LogP contribution in [0.4, 0.5) is 20.3 Å². The summed E-state index contributed by atoms with van der Waals surface area (Å²) in [6, 6.07) is 9.07. The zero-order valence-corrected chi connectivity index (χ0v) is 14.7. The van der Waals surface area contributed by atoms with Crippen molar-refractivity contribution in [1.82, 2.24) is 9.97 Å². The van der Waals surface area contributed by atoms with Crippen LogP contribution in [0.2, 0.25) is 0 Å². The van der Waals surface area contributed by atoms with E-state index in [1.54, 1.807) is 31.3 Å². The SMILES string of the molecule is Cc1cnc(C(=O)Cc2ccc(F)c(CNc3cccnc3N)c2)c(F)c1. The largest absolute Gasteiger partial charge is 0.382 e. The third kappa shape index (κ3) is 4.44. The van der Waals surface area contributed by atoms with Gasteiger partial charge in [-0.05, 0) is 42.3 Å². The molecule has 0 saturated carbocycles. The predicted molar refractivity (Wildman–Crippen MR) is 99.3 cm³/mol. The van der Waals surface area contributed by atoms with E-state index in [1.807, 2.05) is 0 Å². The van der Waals surface area contributed by atoms with Crippen LogP contribution in [0.25, 0.3) is 0 Å². The Hall–Kier alpha value is -3.35. The first-order valence-corrected chi connectivity index (χ1v) is 8.31. The van der Waals surface area contributed by atoms with Gasteiger partial charge in [0, 0.05) is 30.9 Å². The van der Waals surface area contributed by atoms with E-state index in [1.165, 1.54) is 24.4 Å². The minimum atomic E-state index is -0.656. The molecule has 0 aliphatic heterocycles. The van der Waals surface area contributed by atoms with E-state index in [2.05, 4.69) is 15.3 Å². The summed E-state index contributed by atoms with van der Waals surface area (Å²) in [6.07, 6.45) is 2.93. The van der Waals surface area contributed by atoms with Gasteiger partial charge < -0.3 is 11.1 Å². The third-order valence-electron chi connectivity index (χ3n) is 4.02. The first-order chi connectivity index (χ1) is 12.9. The maximum absolute atomic E-state index is 14.1. The number of rotatable bonds is 6. The Kier molecular flexibility index (Phi) is 5.40. The number of anilines is 2. The molecule has 3 rings (SSSR count). The smallest absolute Gasteiger partial charge is 0.188 e. The van der Waals surface area contributed by atoms with Crippen LogP contribution in [-0.2, 0) is 13.0 Å².